The highest BCUT2D eigenvalue weighted by atomic mass is 16.6. The molecule has 3 N–H and O–H groups in total. The van der Waals surface area contributed by atoms with E-state index >= 15 is 0 Å². The van der Waals surface area contributed by atoms with Gasteiger partial charge in [0.2, 0.25) is 5.91 Å². The van der Waals surface area contributed by atoms with Crippen molar-refractivity contribution in [3.05, 3.63) is 0 Å². The Labute approximate surface area is 175 Å². The highest BCUT2D eigenvalue weighted by Gasteiger charge is 2.29. The molecule has 1 aliphatic carbocycles. The van der Waals surface area contributed by atoms with Crippen molar-refractivity contribution < 1.29 is 29.3 Å². The molecule has 1 amide bonds. The molecule has 1 fully saturated rings. The monoisotopic (exact) mass is 415 g/mol. The second-order valence-electron chi connectivity index (χ2n) is 9.07. The maximum absolute atomic E-state index is 12.8. The van der Waals surface area contributed by atoms with E-state index in [-0.39, 0.29) is 18.9 Å². The first-order chi connectivity index (χ1) is 13.7. The molecule has 7 nitrogen and oxygen atoms in total. The standard InChI is InChI=1S/C22H41NO6/c1-5-28-21(27)18(15-24)23-20(26)17(14-19(25)29-22(2,3)4)13-9-12-16-10-7-6-8-11-16/h16-18,21,24,27H,5-15H2,1-4H3,(H,23,26)/t17-,18+,21+/m1/s1. The summed E-state index contributed by atoms with van der Waals surface area (Å²) in [5.74, 6) is -0.631. The molecule has 0 aliphatic heterocycles. The third-order valence-corrected chi connectivity index (χ3v) is 5.30. The summed E-state index contributed by atoms with van der Waals surface area (Å²) >= 11 is 0. The molecule has 1 rings (SSSR count). The molecule has 0 aromatic rings. The predicted octanol–water partition coefficient (Wildman–Crippen LogP) is 2.92. The molecule has 3 atom stereocenters. The van der Waals surface area contributed by atoms with E-state index in [2.05, 4.69) is 5.32 Å². The van der Waals surface area contributed by atoms with Gasteiger partial charge in [-0.2, -0.15) is 0 Å². The van der Waals surface area contributed by atoms with Gasteiger partial charge in [-0.3, -0.25) is 9.59 Å². The van der Waals surface area contributed by atoms with Gasteiger partial charge < -0.3 is 25.0 Å². The Morgan fingerprint density at radius 1 is 1.17 bits per heavy atom. The Kier molecular flexibility index (Phi) is 11.8. The van der Waals surface area contributed by atoms with Crippen LogP contribution in [0.4, 0.5) is 0 Å². The Morgan fingerprint density at radius 2 is 1.83 bits per heavy atom. The van der Waals surface area contributed by atoms with Crippen LogP contribution < -0.4 is 5.32 Å². The largest absolute Gasteiger partial charge is 0.460 e. The Balaban J connectivity index is 2.67. The van der Waals surface area contributed by atoms with Gasteiger partial charge in [-0.25, -0.2) is 0 Å². The van der Waals surface area contributed by atoms with Crippen LogP contribution in [0.1, 0.15) is 85.5 Å². The average molecular weight is 416 g/mol. The van der Waals surface area contributed by atoms with Gasteiger partial charge in [0.15, 0.2) is 6.29 Å². The fourth-order valence-electron chi connectivity index (χ4n) is 3.83. The zero-order valence-corrected chi connectivity index (χ0v) is 18.6. The molecule has 170 valence electrons. The first kappa shape index (κ1) is 25.9. The summed E-state index contributed by atoms with van der Waals surface area (Å²) in [5, 5.41) is 22.1. The van der Waals surface area contributed by atoms with Gasteiger partial charge in [0, 0.05) is 12.5 Å². The fourth-order valence-corrected chi connectivity index (χ4v) is 3.83. The first-order valence-corrected chi connectivity index (χ1v) is 11.1. The lowest BCUT2D eigenvalue weighted by atomic mass is 9.84. The van der Waals surface area contributed by atoms with Crippen LogP contribution in [-0.2, 0) is 19.1 Å². The summed E-state index contributed by atoms with van der Waals surface area (Å²) < 4.78 is 10.5. The van der Waals surface area contributed by atoms with Gasteiger partial charge in [0.25, 0.3) is 0 Å². The minimum atomic E-state index is -1.29. The Hall–Kier alpha value is -1.18. The minimum absolute atomic E-state index is 0.0172. The summed E-state index contributed by atoms with van der Waals surface area (Å²) in [4.78, 5) is 25.1. The lowest BCUT2D eigenvalue weighted by Crippen LogP contribution is -2.49. The Bertz CT molecular complexity index is 484. The molecule has 0 aromatic carbocycles. The van der Waals surface area contributed by atoms with Gasteiger partial charge in [-0.1, -0.05) is 44.9 Å². The van der Waals surface area contributed by atoms with Gasteiger partial charge in [0.05, 0.1) is 13.0 Å². The first-order valence-electron chi connectivity index (χ1n) is 11.1. The number of carbonyl (C=O) groups is 2. The second-order valence-corrected chi connectivity index (χ2v) is 9.07. The van der Waals surface area contributed by atoms with E-state index < -0.39 is 36.4 Å². The summed E-state index contributed by atoms with van der Waals surface area (Å²) in [7, 11) is 0. The van der Waals surface area contributed by atoms with E-state index in [1.807, 2.05) is 0 Å². The molecular weight excluding hydrogens is 374 g/mol. The average Bonchev–Trinajstić information content (AvgIpc) is 2.64. The number of nitrogens with one attached hydrogen (secondary N) is 1. The third-order valence-electron chi connectivity index (χ3n) is 5.30. The van der Waals surface area contributed by atoms with Crippen LogP contribution in [0.3, 0.4) is 0 Å². The van der Waals surface area contributed by atoms with Crippen LogP contribution in [0.25, 0.3) is 0 Å². The molecule has 1 aliphatic rings. The lowest BCUT2D eigenvalue weighted by Gasteiger charge is -2.26. The predicted molar refractivity (Wildman–Crippen MR) is 111 cm³/mol. The molecular formula is C22H41NO6. The lowest BCUT2D eigenvalue weighted by molar-refractivity contribution is -0.158. The highest BCUT2D eigenvalue weighted by Crippen LogP contribution is 2.29. The number of hydrogen-bond donors (Lipinski definition) is 3. The number of ether oxygens (including phenoxy) is 2. The van der Waals surface area contributed by atoms with E-state index in [1.165, 1.54) is 32.1 Å². The minimum Gasteiger partial charge on any atom is -0.460 e. The van der Waals surface area contributed by atoms with E-state index in [9.17, 15) is 19.8 Å². The zero-order chi connectivity index (χ0) is 21.9. The molecule has 0 aromatic heterocycles. The van der Waals surface area contributed by atoms with Crippen molar-refractivity contribution in [3.63, 3.8) is 0 Å². The third kappa shape index (κ3) is 11.0. The molecule has 0 saturated heterocycles. The normalized spacial score (nSPS) is 18.7. The fraction of sp³-hybridized carbons (Fsp3) is 0.909. The van der Waals surface area contributed by atoms with Crippen molar-refractivity contribution >= 4 is 11.9 Å². The van der Waals surface area contributed by atoms with E-state index in [0.717, 1.165) is 12.8 Å². The van der Waals surface area contributed by atoms with Crippen LogP contribution in [-0.4, -0.2) is 53.2 Å². The van der Waals surface area contributed by atoms with Crippen LogP contribution in [0.15, 0.2) is 0 Å². The number of aliphatic hydroxyl groups is 2. The number of carbonyl (C=O) groups excluding carboxylic acids is 2. The van der Waals surface area contributed by atoms with Crippen molar-refractivity contribution in [2.45, 2.75) is 103 Å². The maximum atomic E-state index is 12.8. The smallest absolute Gasteiger partial charge is 0.307 e. The van der Waals surface area contributed by atoms with Crippen molar-refractivity contribution in [1.82, 2.24) is 5.32 Å². The van der Waals surface area contributed by atoms with Gasteiger partial charge in [-0.15, -0.1) is 0 Å². The molecule has 7 heteroatoms. The van der Waals surface area contributed by atoms with Crippen molar-refractivity contribution in [2.24, 2.45) is 11.8 Å². The number of esters is 1. The summed E-state index contributed by atoms with van der Waals surface area (Å²) in [6.45, 7) is 6.91. The highest BCUT2D eigenvalue weighted by molar-refractivity contribution is 5.84. The number of amides is 1. The summed E-state index contributed by atoms with van der Waals surface area (Å²) in [6.07, 6.45) is 7.54. The summed E-state index contributed by atoms with van der Waals surface area (Å²) in [6, 6.07) is -0.929. The molecule has 0 radical (unpaired) electrons. The molecule has 0 heterocycles. The van der Waals surface area contributed by atoms with Gasteiger partial charge in [-0.05, 0) is 40.0 Å². The number of hydrogen-bond acceptors (Lipinski definition) is 6. The molecule has 0 spiro atoms. The second kappa shape index (κ2) is 13.2. The van der Waals surface area contributed by atoms with Crippen molar-refractivity contribution in [3.8, 4) is 0 Å². The van der Waals surface area contributed by atoms with E-state index in [1.54, 1.807) is 27.7 Å². The number of aliphatic hydroxyl groups excluding tert-OH is 2. The van der Waals surface area contributed by atoms with Crippen molar-refractivity contribution in [1.29, 1.82) is 0 Å². The topological polar surface area (TPSA) is 105 Å². The van der Waals surface area contributed by atoms with Gasteiger partial charge in [0.1, 0.15) is 11.6 Å². The van der Waals surface area contributed by atoms with Crippen LogP contribution in [0.2, 0.25) is 0 Å². The van der Waals surface area contributed by atoms with E-state index in [0.29, 0.717) is 12.3 Å². The molecule has 0 unspecified atom stereocenters. The van der Waals surface area contributed by atoms with Crippen LogP contribution in [0, 0.1) is 11.8 Å². The van der Waals surface area contributed by atoms with Crippen molar-refractivity contribution in [2.75, 3.05) is 13.2 Å². The summed E-state index contributed by atoms with van der Waals surface area (Å²) in [5.41, 5.74) is -0.612. The number of rotatable bonds is 12. The molecule has 29 heavy (non-hydrogen) atoms. The van der Waals surface area contributed by atoms with Crippen LogP contribution >= 0.6 is 0 Å². The quantitative estimate of drug-likeness (QED) is 0.334. The van der Waals surface area contributed by atoms with E-state index in [4.69, 9.17) is 9.47 Å². The van der Waals surface area contributed by atoms with Gasteiger partial charge >= 0.3 is 5.97 Å². The maximum Gasteiger partial charge on any atom is 0.307 e. The van der Waals surface area contributed by atoms with Crippen LogP contribution in [0.5, 0.6) is 0 Å². The zero-order valence-electron chi connectivity index (χ0n) is 18.6. The SMILES string of the molecule is CCO[C@H](O)[C@H](CO)NC(=O)[C@H](CCCC1CCCCC1)CC(=O)OC(C)(C)C. The molecule has 1 saturated carbocycles. The Morgan fingerprint density at radius 3 is 2.38 bits per heavy atom. The molecule has 0 bridgehead atoms.